The summed E-state index contributed by atoms with van der Waals surface area (Å²) in [4.78, 5) is 15.9. The molecule has 0 fully saturated rings. The van der Waals surface area contributed by atoms with Gasteiger partial charge >= 0.3 is 0 Å². The first-order valence-corrected chi connectivity index (χ1v) is 6.21. The zero-order chi connectivity index (χ0) is 14.5. The Kier molecular flexibility index (Phi) is 4.46. The molecular weight excluding hydrogens is 262 g/mol. The van der Waals surface area contributed by atoms with E-state index in [1.165, 1.54) is 6.39 Å². The number of amides is 1. The van der Waals surface area contributed by atoms with Crippen LogP contribution in [0.2, 0.25) is 0 Å². The van der Waals surface area contributed by atoms with Gasteiger partial charge in [-0.15, -0.1) is 10.2 Å². The number of hydrogen-bond donors (Lipinski definition) is 1. The summed E-state index contributed by atoms with van der Waals surface area (Å²) in [6.07, 6.45) is 2.86. The number of carbonyl (C=O) groups excluding carboxylic acids is 1. The second kappa shape index (κ2) is 6.29. The van der Waals surface area contributed by atoms with Crippen molar-refractivity contribution in [1.82, 2.24) is 25.1 Å². The van der Waals surface area contributed by atoms with Gasteiger partial charge in [0.25, 0.3) is 5.91 Å². The number of carbonyl (C=O) groups is 1. The molecule has 0 radical (unpaired) electrons. The minimum absolute atomic E-state index is 0.278. The van der Waals surface area contributed by atoms with Crippen molar-refractivity contribution >= 4 is 5.91 Å². The molecule has 0 aliphatic heterocycles. The fourth-order valence-electron chi connectivity index (χ4n) is 1.81. The molecule has 0 aliphatic carbocycles. The van der Waals surface area contributed by atoms with Crippen molar-refractivity contribution in [3.05, 3.63) is 30.0 Å². The van der Waals surface area contributed by atoms with Crippen molar-refractivity contribution in [2.45, 2.75) is 26.4 Å². The van der Waals surface area contributed by atoms with Gasteiger partial charge in [0, 0.05) is 13.7 Å². The van der Waals surface area contributed by atoms with Crippen molar-refractivity contribution in [1.29, 1.82) is 0 Å². The minimum Gasteiger partial charge on any atom is -0.448 e. The van der Waals surface area contributed by atoms with Gasteiger partial charge in [0.05, 0.1) is 12.6 Å². The summed E-state index contributed by atoms with van der Waals surface area (Å²) in [6.45, 7) is 4.70. The van der Waals surface area contributed by atoms with Gasteiger partial charge < -0.3 is 19.0 Å². The normalized spacial score (nSPS) is 12.3. The molecule has 0 saturated carbocycles. The average molecular weight is 279 g/mol. The van der Waals surface area contributed by atoms with Crippen LogP contribution >= 0.6 is 0 Å². The van der Waals surface area contributed by atoms with E-state index < -0.39 is 0 Å². The Morgan fingerprint density at radius 2 is 2.40 bits per heavy atom. The largest absolute Gasteiger partial charge is 0.448 e. The van der Waals surface area contributed by atoms with Crippen LogP contribution in [0.25, 0.3) is 0 Å². The summed E-state index contributed by atoms with van der Waals surface area (Å²) in [5.74, 6) is 0.845. The molecule has 0 spiro atoms. The van der Waals surface area contributed by atoms with E-state index in [0.29, 0.717) is 24.7 Å². The van der Waals surface area contributed by atoms with E-state index >= 15 is 0 Å². The molecule has 1 atom stereocenters. The number of hydrogen-bond acceptors (Lipinski definition) is 6. The van der Waals surface area contributed by atoms with Crippen LogP contribution in [-0.2, 0) is 11.3 Å². The number of ether oxygens (including phenoxy) is 1. The van der Waals surface area contributed by atoms with Crippen molar-refractivity contribution < 1.29 is 13.9 Å². The van der Waals surface area contributed by atoms with E-state index in [2.05, 4.69) is 20.5 Å². The third-order valence-corrected chi connectivity index (χ3v) is 2.88. The first kappa shape index (κ1) is 14.2. The minimum atomic E-state index is -0.301. The molecule has 1 amide bonds. The van der Waals surface area contributed by atoms with Crippen LogP contribution in [0.4, 0.5) is 0 Å². The smallest absolute Gasteiger partial charge is 0.274 e. The molecule has 1 unspecified atom stereocenters. The zero-order valence-electron chi connectivity index (χ0n) is 11.7. The Labute approximate surface area is 116 Å². The lowest BCUT2D eigenvalue weighted by molar-refractivity contribution is 0.0931. The van der Waals surface area contributed by atoms with Gasteiger partial charge in [0.15, 0.2) is 17.9 Å². The quantitative estimate of drug-likeness (QED) is 0.836. The second-order valence-electron chi connectivity index (χ2n) is 4.33. The maximum Gasteiger partial charge on any atom is 0.274 e. The number of oxazole rings is 1. The number of nitrogens with one attached hydrogen (secondary N) is 1. The summed E-state index contributed by atoms with van der Waals surface area (Å²) in [7, 11) is 1.63. The summed E-state index contributed by atoms with van der Waals surface area (Å²) < 4.78 is 11.9. The molecule has 0 bridgehead atoms. The highest BCUT2D eigenvalue weighted by Gasteiger charge is 2.19. The van der Waals surface area contributed by atoms with Gasteiger partial charge in [-0.05, 0) is 13.8 Å². The summed E-state index contributed by atoms with van der Waals surface area (Å²) in [6, 6.07) is -0.294. The molecule has 2 aromatic rings. The molecule has 2 aromatic heterocycles. The molecule has 1 N–H and O–H groups in total. The number of rotatable bonds is 6. The van der Waals surface area contributed by atoms with Gasteiger partial charge in [-0.2, -0.15) is 0 Å². The van der Waals surface area contributed by atoms with E-state index in [-0.39, 0.29) is 17.6 Å². The molecule has 20 heavy (non-hydrogen) atoms. The Morgan fingerprint density at radius 3 is 3.05 bits per heavy atom. The summed E-state index contributed by atoms with van der Waals surface area (Å²) in [5.41, 5.74) is 0.278. The molecule has 0 aromatic carbocycles. The van der Waals surface area contributed by atoms with Crippen molar-refractivity contribution in [3.8, 4) is 0 Å². The first-order chi connectivity index (χ1) is 9.63. The molecular formula is C12H17N5O3. The van der Waals surface area contributed by atoms with Crippen LogP contribution in [0, 0.1) is 6.92 Å². The topological polar surface area (TPSA) is 95.1 Å². The molecule has 0 aliphatic rings. The maximum absolute atomic E-state index is 12.0. The summed E-state index contributed by atoms with van der Waals surface area (Å²) in [5, 5.41) is 10.7. The molecule has 108 valence electrons. The average Bonchev–Trinajstić information content (AvgIpc) is 3.04. The van der Waals surface area contributed by atoms with Crippen LogP contribution in [0.3, 0.4) is 0 Å². The van der Waals surface area contributed by atoms with E-state index in [1.54, 1.807) is 20.4 Å². The van der Waals surface area contributed by atoms with Crippen molar-refractivity contribution in [2.24, 2.45) is 0 Å². The van der Waals surface area contributed by atoms with Gasteiger partial charge in [-0.1, -0.05) is 0 Å². The fraction of sp³-hybridized carbons (Fsp3) is 0.500. The number of nitrogens with zero attached hydrogens (tertiary/aromatic N) is 4. The lowest BCUT2D eigenvalue weighted by Gasteiger charge is -2.14. The highest BCUT2D eigenvalue weighted by Crippen LogP contribution is 2.11. The van der Waals surface area contributed by atoms with Crippen LogP contribution in [0.15, 0.2) is 17.1 Å². The monoisotopic (exact) mass is 279 g/mol. The predicted octanol–water partition coefficient (Wildman–Crippen LogP) is 0.712. The van der Waals surface area contributed by atoms with Crippen LogP contribution in [0.5, 0.6) is 0 Å². The number of methoxy groups -OCH3 is 1. The van der Waals surface area contributed by atoms with E-state index in [9.17, 15) is 4.79 Å². The third kappa shape index (κ3) is 3.02. The maximum atomic E-state index is 12.0. The second-order valence-corrected chi connectivity index (χ2v) is 4.33. The first-order valence-electron chi connectivity index (χ1n) is 6.21. The van der Waals surface area contributed by atoms with Crippen LogP contribution < -0.4 is 5.32 Å². The highest BCUT2D eigenvalue weighted by atomic mass is 16.5. The predicted molar refractivity (Wildman–Crippen MR) is 69.0 cm³/mol. The van der Waals surface area contributed by atoms with E-state index in [4.69, 9.17) is 9.15 Å². The molecule has 0 saturated heterocycles. The van der Waals surface area contributed by atoms with E-state index in [0.717, 1.165) is 0 Å². The van der Waals surface area contributed by atoms with Gasteiger partial charge in [-0.3, -0.25) is 4.79 Å². The van der Waals surface area contributed by atoms with E-state index in [1.807, 2.05) is 11.5 Å². The lowest BCUT2D eigenvalue weighted by atomic mass is 10.2. The van der Waals surface area contributed by atoms with Gasteiger partial charge in [0.1, 0.15) is 12.1 Å². The van der Waals surface area contributed by atoms with Crippen LogP contribution in [-0.4, -0.2) is 39.4 Å². The number of aryl methyl sites for hydroxylation is 1. The third-order valence-electron chi connectivity index (χ3n) is 2.88. The van der Waals surface area contributed by atoms with Gasteiger partial charge in [0.2, 0.25) is 0 Å². The fourth-order valence-corrected chi connectivity index (χ4v) is 1.81. The van der Waals surface area contributed by atoms with Crippen molar-refractivity contribution in [2.75, 3.05) is 13.7 Å². The summed E-state index contributed by atoms with van der Waals surface area (Å²) >= 11 is 0. The lowest BCUT2D eigenvalue weighted by Crippen LogP contribution is -2.29. The molecule has 2 heterocycles. The Morgan fingerprint density at radius 1 is 1.60 bits per heavy atom. The molecule has 8 heteroatoms. The van der Waals surface area contributed by atoms with Gasteiger partial charge in [-0.25, -0.2) is 4.98 Å². The van der Waals surface area contributed by atoms with Crippen LogP contribution in [0.1, 0.15) is 35.0 Å². The standard InChI is InChI=1S/C12H17N5O3/c1-8(11-16-14-6-17(11)4-5-19-3)15-12(18)10-9(2)20-7-13-10/h6-8H,4-5H2,1-3H3,(H,15,18). The Hall–Kier alpha value is -2.22. The highest BCUT2D eigenvalue weighted by molar-refractivity contribution is 5.93. The zero-order valence-corrected chi connectivity index (χ0v) is 11.7. The SMILES string of the molecule is COCCn1cnnc1C(C)NC(=O)c1ncoc1C. The Bertz CT molecular complexity index is 577. The van der Waals surface area contributed by atoms with Crippen molar-refractivity contribution in [3.63, 3.8) is 0 Å². The Balaban J connectivity index is 2.05. The molecule has 2 rings (SSSR count). The number of aromatic nitrogens is 4. The molecule has 8 nitrogen and oxygen atoms in total.